The molecule has 1 aromatic heterocycles. The number of pyridine rings is 1. The summed E-state index contributed by atoms with van der Waals surface area (Å²) in [5.74, 6) is 1.67. The lowest BCUT2D eigenvalue weighted by molar-refractivity contribution is 0.455. The van der Waals surface area contributed by atoms with Gasteiger partial charge in [-0.2, -0.15) is 0 Å². The number of aryl methyl sites for hydroxylation is 4. The fourth-order valence-corrected chi connectivity index (χ4v) is 2.59. The molecule has 0 amide bonds. The molecule has 0 aliphatic rings. The van der Waals surface area contributed by atoms with Gasteiger partial charge in [0, 0.05) is 16.3 Å². The molecule has 0 saturated carbocycles. The second kappa shape index (κ2) is 6.02. The average Bonchev–Trinajstić information content (AvgIpc) is 2.35. The number of halogens is 2. The predicted molar refractivity (Wildman–Crippen MR) is 84.3 cm³/mol. The van der Waals surface area contributed by atoms with Gasteiger partial charge >= 0.3 is 0 Å². The highest BCUT2D eigenvalue weighted by molar-refractivity contribution is 6.32. The summed E-state index contributed by atoms with van der Waals surface area (Å²) in [5.41, 5.74) is 4.89. The fraction of sp³-hybridized carbons (Fsp3) is 0.312. The van der Waals surface area contributed by atoms with Gasteiger partial charge in [-0.3, -0.25) is 0 Å². The fourth-order valence-electron chi connectivity index (χ4n) is 2.15. The molecule has 4 heteroatoms. The SMILES string of the molecule is Cc1cc(C)c(CCl)c(Oc2cc(C)c(Cl)c(C)c2)n1. The number of alkyl halides is 1. The molecule has 0 bridgehead atoms. The number of aromatic nitrogens is 1. The van der Waals surface area contributed by atoms with Crippen molar-refractivity contribution in [2.24, 2.45) is 0 Å². The third-order valence-corrected chi connectivity index (χ3v) is 4.06. The van der Waals surface area contributed by atoms with Gasteiger partial charge < -0.3 is 4.74 Å². The van der Waals surface area contributed by atoms with Gasteiger partial charge in [0.1, 0.15) is 5.75 Å². The van der Waals surface area contributed by atoms with Crippen molar-refractivity contribution in [3.63, 3.8) is 0 Å². The minimum atomic E-state index is 0.375. The van der Waals surface area contributed by atoms with Gasteiger partial charge in [-0.15, -0.1) is 11.6 Å². The highest BCUT2D eigenvalue weighted by Crippen LogP contribution is 2.31. The molecule has 0 aliphatic carbocycles. The van der Waals surface area contributed by atoms with Crippen molar-refractivity contribution in [3.8, 4) is 11.6 Å². The molecule has 0 fully saturated rings. The van der Waals surface area contributed by atoms with E-state index in [1.165, 1.54) is 0 Å². The molecule has 0 unspecified atom stereocenters. The monoisotopic (exact) mass is 309 g/mol. The van der Waals surface area contributed by atoms with E-state index in [1.54, 1.807) is 0 Å². The van der Waals surface area contributed by atoms with Crippen LogP contribution in [-0.4, -0.2) is 4.98 Å². The predicted octanol–water partition coefficient (Wildman–Crippen LogP) is 5.50. The summed E-state index contributed by atoms with van der Waals surface area (Å²) >= 11 is 12.2. The lowest BCUT2D eigenvalue weighted by Crippen LogP contribution is -1.98. The van der Waals surface area contributed by atoms with Gasteiger partial charge in [0.25, 0.3) is 0 Å². The van der Waals surface area contributed by atoms with Crippen LogP contribution in [0, 0.1) is 27.7 Å². The van der Waals surface area contributed by atoms with Crippen molar-refractivity contribution in [3.05, 3.63) is 51.2 Å². The van der Waals surface area contributed by atoms with Gasteiger partial charge in [0.2, 0.25) is 5.88 Å². The Balaban J connectivity index is 2.44. The first-order valence-corrected chi connectivity index (χ1v) is 7.31. The van der Waals surface area contributed by atoms with E-state index in [0.717, 1.165) is 38.7 Å². The normalized spacial score (nSPS) is 10.7. The van der Waals surface area contributed by atoms with E-state index in [-0.39, 0.29) is 0 Å². The Morgan fingerprint density at radius 2 is 1.60 bits per heavy atom. The summed E-state index contributed by atoms with van der Waals surface area (Å²) in [6.07, 6.45) is 0. The van der Waals surface area contributed by atoms with Crippen molar-refractivity contribution < 1.29 is 4.74 Å². The molecule has 0 atom stereocenters. The number of hydrogen-bond acceptors (Lipinski definition) is 2. The lowest BCUT2D eigenvalue weighted by Gasteiger charge is -2.13. The average molecular weight is 310 g/mol. The van der Waals surface area contributed by atoms with Crippen LogP contribution in [0.25, 0.3) is 0 Å². The zero-order chi connectivity index (χ0) is 14.9. The second-order valence-electron chi connectivity index (χ2n) is 4.97. The number of hydrogen-bond donors (Lipinski definition) is 0. The van der Waals surface area contributed by atoms with Crippen LogP contribution in [-0.2, 0) is 5.88 Å². The van der Waals surface area contributed by atoms with Crippen LogP contribution in [0.2, 0.25) is 5.02 Å². The molecule has 20 heavy (non-hydrogen) atoms. The van der Waals surface area contributed by atoms with E-state index in [4.69, 9.17) is 27.9 Å². The molecular weight excluding hydrogens is 293 g/mol. The van der Waals surface area contributed by atoms with Crippen molar-refractivity contribution in [2.75, 3.05) is 0 Å². The Morgan fingerprint density at radius 1 is 1.00 bits per heavy atom. The third-order valence-electron chi connectivity index (χ3n) is 3.20. The largest absolute Gasteiger partial charge is 0.439 e. The second-order valence-corrected chi connectivity index (χ2v) is 5.62. The van der Waals surface area contributed by atoms with Crippen LogP contribution in [0.15, 0.2) is 18.2 Å². The van der Waals surface area contributed by atoms with E-state index in [0.29, 0.717) is 11.8 Å². The minimum Gasteiger partial charge on any atom is -0.439 e. The summed E-state index contributed by atoms with van der Waals surface area (Å²) in [6.45, 7) is 7.87. The molecule has 2 rings (SSSR count). The molecular formula is C16H17Cl2NO. The maximum atomic E-state index is 6.17. The van der Waals surface area contributed by atoms with Gasteiger partial charge in [-0.05, 0) is 62.6 Å². The minimum absolute atomic E-state index is 0.375. The van der Waals surface area contributed by atoms with E-state index in [9.17, 15) is 0 Å². The van der Waals surface area contributed by atoms with Crippen LogP contribution in [0.3, 0.4) is 0 Å². The molecule has 1 aromatic carbocycles. The van der Waals surface area contributed by atoms with E-state index < -0.39 is 0 Å². The van der Waals surface area contributed by atoms with Crippen molar-refractivity contribution in [2.45, 2.75) is 33.6 Å². The number of ether oxygens (including phenoxy) is 1. The summed E-state index contributed by atoms with van der Waals surface area (Å²) < 4.78 is 5.92. The Labute approximate surface area is 129 Å². The lowest BCUT2D eigenvalue weighted by atomic mass is 10.1. The van der Waals surface area contributed by atoms with Crippen molar-refractivity contribution >= 4 is 23.2 Å². The first-order valence-electron chi connectivity index (χ1n) is 6.40. The molecule has 0 saturated heterocycles. The molecule has 1 heterocycles. The molecule has 2 aromatic rings. The van der Waals surface area contributed by atoms with Crippen LogP contribution in [0.1, 0.15) is 27.9 Å². The Bertz CT molecular complexity index is 630. The van der Waals surface area contributed by atoms with Crippen molar-refractivity contribution in [1.82, 2.24) is 4.98 Å². The highest BCUT2D eigenvalue weighted by Gasteiger charge is 2.12. The summed E-state index contributed by atoms with van der Waals surface area (Å²) in [7, 11) is 0. The maximum absolute atomic E-state index is 6.17. The molecule has 0 N–H and O–H groups in total. The smallest absolute Gasteiger partial charge is 0.224 e. The number of benzene rings is 1. The molecule has 0 aliphatic heterocycles. The summed E-state index contributed by atoms with van der Waals surface area (Å²) in [4.78, 5) is 4.44. The summed E-state index contributed by atoms with van der Waals surface area (Å²) in [5, 5.41) is 0.767. The first-order chi connectivity index (χ1) is 9.42. The summed E-state index contributed by atoms with van der Waals surface area (Å²) in [6, 6.07) is 5.82. The molecule has 0 spiro atoms. The third kappa shape index (κ3) is 3.08. The highest BCUT2D eigenvalue weighted by atomic mass is 35.5. The number of nitrogens with zero attached hydrogens (tertiary/aromatic N) is 1. The Hall–Kier alpha value is -1.25. The van der Waals surface area contributed by atoms with Gasteiger partial charge in [0.15, 0.2) is 0 Å². The van der Waals surface area contributed by atoms with Crippen LogP contribution < -0.4 is 4.74 Å². The Morgan fingerprint density at radius 3 is 2.15 bits per heavy atom. The van der Waals surface area contributed by atoms with Crippen LogP contribution in [0.5, 0.6) is 11.6 Å². The molecule has 106 valence electrons. The molecule has 0 radical (unpaired) electrons. The standard InChI is InChI=1S/C16H17Cl2NO/c1-9-5-12(4)19-16(14(9)8-17)20-13-6-10(2)15(18)11(3)7-13/h5-7H,8H2,1-4H3. The van der Waals surface area contributed by atoms with Gasteiger partial charge in [-0.1, -0.05) is 11.6 Å². The topological polar surface area (TPSA) is 22.1 Å². The maximum Gasteiger partial charge on any atom is 0.224 e. The van der Waals surface area contributed by atoms with Gasteiger partial charge in [-0.25, -0.2) is 4.98 Å². The zero-order valence-corrected chi connectivity index (χ0v) is 13.6. The van der Waals surface area contributed by atoms with E-state index in [1.807, 2.05) is 45.9 Å². The number of rotatable bonds is 3. The van der Waals surface area contributed by atoms with Crippen LogP contribution >= 0.6 is 23.2 Å². The first kappa shape index (κ1) is 15.1. The van der Waals surface area contributed by atoms with Gasteiger partial charge in [0.05, 0.1) is 5.88 Å². The van der Waals surface area contributed by atoms with E-state index >= 15 is 0 Å². The zero-order valence-electron chi connectivity index (χ0n) is 12.1. The van der Waals surface area contributed by atoms with Crippen molar-refractivity contribution in [1.29, 1.82) is 0 Å². The quantitative estimate of drug-likeness (QED) is 0.698. The molecule has 2 nitrogen and oxygen atoms in total. The van der Waals surface area contributed by atoms with E-state index in [2.05, 4.69) is 4.98 Å². The van der Waals surface area contributed by atoms with Crippen LogP contribution in [0.4, 0.5) is 0 Å². The Kier molecular flexibility index (Phi) is 4.56.